The average Bonchev–Trinajstić information content (AvgIpc) is 2.86. The van der Waals surface area contributed by atoms with Crippen LogP contribution in [-0.4, -0.2) is 39.5 Å². The van der Waals surface area contributed by atoms with Gasteiger partial charge in [0.1, 0.15) is 0 Å². The van der Waals surface area contributed by atoms with Crippen molar-refractivity contribution in [2.24, 2.45) is 0 Å². The van der Waals surface area contributed by atoms with Gasteiger partial charge in [0.15, 0.2) is 23.0 Å². The number of aromatic hydroxyl groups is 1. The van der Waals surface area contributed by atoms with Gasteiger partial charge in [0.2, 0.25) is 11.7 Å². The van der Waals surface area contributed by atoms with Crippen molar-refractivity contribution in [3.05, 3.63) is 77.4 Å². The molecule has 0 saturated heterocycles. The van der Waals surface area contributed by atoms with Crippen LogP contribution in [0.2, 0.25) is 0 Å². The van der Waals surface area contributed by atoms with Crippen molar-refractivity contribution in [2.75, 3.05) is 33.8 Å². The smallest absolute Gasteiger partial charge is 0.248 e. The molecular weight excluding hydrogens is 434 g/mol. The molecule has 0 unspecified atom stereocenters. The number of carbonyl (C=O) groups is 1. The molecule has 0 fully saturated rings. The maximum absolute atomic E-state index is 12.5. The lowest BCUT2D eigenvalue weighted by Crippen LogP contribution is -2.09. The first-order valence-electron chi connectivity index (χ1n) is 10.4. The summed E-state index contributed by atoms with van der Waals surface area (Å²) in [5, 5.41) is 13.2. The number of carbonyl (C=O) groups excluding carboxylic acids is 1. The third kappa shape index (κ3) is 5.89. The quantitative estimate of drug-likeness (QED) is 0.334. The number of hydrogen-bond donors (Lipinski definition) is 2. The van der Waals surface area contributed by atoms with Gasteiger partial charge in [-0.15, -0.1) is 0 Å². The zero-order chi connectivity index (χ0) is 24.5. The molecule has 0 aliphatic carbocycles. The predicted molar refractivity (Wildman–Crippen MR) is 134 cm³/mol. The molecule has 0 saturated carbocycles. The minimum Gasteiger partial charge on any atom is -0.504 e. The number of phenolic OH excluding ortho intramolecular Hbond substituents is 1. The van der Waals surface area contributed by atoms with E-state index in [1.54, 1.807) is 57.7 Å². The minimum atomic E-state index is -0.354. The molecule has 176 valence electrons. The summed E-state index contributed by atoms with van der Waals surface area (Å²) in [5.41, 5.74) is 2.68. The number of methoxy groups -OCH3 is 4. The summed E-state index contributed by atoms with van der Waals surface area (Å²) in [6, 6.07) is 16.3. The largest absolute Gasteiger partial charge is 0.504 e. The SMILES string of the molecule is COc1cc(C=Cc2cc(O)c(OC)c(NC(=O)/C=C/c3ccccc3)c2)cc(OC)c1OC. The molecule has 0 aromatic heterocycles. The van der Waals surface area contributed by atoms with Crippen LogP contribution in [0.1, 0.15) is 16.7 Å². The molecule has 0 atom stereocenters. The van der Waals surface area contributed by atoms with Crippen LogP contribution in [0.5, 0.6) is 28.7 Å². The normalized spacial score (nSPS) is 10.9. The van der Waals surface area contributed by atoms with E-state index in [0.717, 1.165) is 11.1 Å². The second-order valence-electron chi connectivity index (χ2n) is 7.15. The molecule has 3 aromatic carbocycles. The number of amides is 1. The van der Waals surface area contributed by atoms with Gasteiger partial charge in [-0.3, -0.25) is 4.79 Å². The van der Waals surface area contributed by atoms with E-state index in [2.05, 4.69) is 5.32 Å². The maximum Gasteiger partial charge on any atom is 0.248 e. The lowest BCUT2D eigenvalue weighted by atomic mass is 10.1. The summed E-state index contributed by atoms with van der Waals surface area (Å²) in [4.78, 5) is 12.5. The minimum absolute atomic E-state index is 0.100. The van der Waals surface area contributed by atoms with Gasteiger partial charge in [-0.05, 0) is 47.0 Å². The van der Waals surface area contributed by atoms with E-state index in [0.29, 0.717) is 28.5 Å². The molecule has 0 bridgehead atoms. The number of anilines is 1. The Bertz CT molecular complexity index is 1180. The highest BCUT2D eigenvalue weighted by atomic mass is 16.5. The van der Waals surface area contributed by atoms with Gasteiger partial charge in [-0.25, -0.2) is 0 Å². The molecule has 3 aromatic rings. The Balaban J connectivity index is 1.87. The van der Waals surface area contributed by atoms with Crippen molar-refractivity contribution in [1.82, 2.24) is 0 Å². The van der Waals surface area contributed by atoms with Crippen molar-refractivity contribution < 1.29 is 28.8 Å². The van der Waals surface area contributed by atoms with Crippen molar-refractivity contribution in [1.29, 1.82) is 0 Å². The molecule has 0 aliphatic heterocycles. The van der Waals surface area contributed by atoms with Crippen molar-refractivity contribution in [3.8, 4) is 28.7 Å². The number of nitrogens with one attached hydrogen (secondary N) is 1. The number of hydrogen-bond acceptors (Lipinski definition) is 6. The third-order valence-electron chi connectivity index (χ3n) is 4.94. The molecule has 7 nitrogen and oxygen atoms in total. The monoisotopic (exact) mass is 461 g/mol. The molecule has 3 rings (SSSR count). The van der Waals surface area contributed by atoms with Gasteiger partial charge in [0, 0.05) is 6.08 Å². The molecular formula is C27H27NO6. The second-order valence-corrected chi connectivity index (χ2v) is 7.15. The summed E-state index contributed by atoms with van der Waals surface area (Å²) in [5.74, 6) is 1.27. The molecule has 0 aliphatic rings. The van der Waals surface area contributed by atoms with E-state index in [1.807, 2.05) is 36.4 Å². The summed E-state index contributed by atoms with van der Waals surface area (Å²) >= 11 is 0. The van der Waals surface area contributed by atoms with E-state index in [-0.39, 0.29) is 17.4 Å². The van der Waals surface area contributed by atoms with Crippen LogP contribution in [0.4, 0.5) is 5.69 Å². The molecule has 1 amide bonds. The number of phenols is 1. The Hall–Kier alpha value is -4.39. The summed E-state index contributed by atoms with van der Waals surface area (Å²) < 4.78 is 21.4. The van der Waals surface area contributed by atoms with Gasteiger partial charge < -0.3 is 29.4 Å². The number of ether oxygens (including phenoxy) is 4. The first kappa shape index (κ1) is 24.3. The lowest BCUT2D eigenvalue weighted by molar-refractivity contribution is -0.111. The van der Waals surface area contributed by atoms with Crippen LogP contribution in [0.25, 0.3) is 18.2 Å². The van der Waals surface area contributed by atoms with Crippen molar-refractivity contribution in [3.63, 3.8) is 0 Å². The fourth-order valence-electron chi connectivity index (χ4n) is 3.34. The second kappa shape index (κ2) is 11.5. The number of benzene rings is 3. The maximum atomic E-state index is 12.5. The van der Waals surface area contributed by atoms with Gasteiger partial charge >= 0.3 is 0 Å². The Morgan fingerprint density at radius 1 is 0.735 bits per heavy atom. The lowest BCUT2D eigenvalue weighted by Gasteiger charge is -2.13. The first-order chi connectivity index (χ1) is 16.5. The van der Waals surface area contributed by atoms with Gasteiger partial charge in [0.05, 0.1) is 34.1 Å². The first-order valence-corrected chi connectivity index (χ1v) is 10.4. The van der Waals surface area contributed by atoms with Crippen LogP contribution in [-0.2, 0) is 4.79 Å². The van der Waals surface area contributed by atoms with E-state index in [1.165, 1.54) is 13.2 Å². The fraction of sp³-hybridized carbons (Fsp3) is 0.148. The van der Waals surface area contributed by atoms with Crippen molar-refractivity contribution >= 4 is 29.8 Å². The zero-order valence-electron chi connectivity index (χ0n) is 19.5. The third-order valence-corrected chi connectivity index (χ3v) is 4.94. The average molecular weight is 462 g/mol. The van der Waals surface area contributed by atoms with Gasteiger partial charge in [0.25, 0.3) is 0 Å². The molecule has 0 spiro atoms. The molecule has 0 heterocycles. The van der Waals surface area contributed by atoms with E-state index in [9.17, 15) is 9.90 Å². The van der Waals surface area contributed by atoms with Gasteiger partial charge in [-0.2, -0.15) is 0 Å². The highest BCUT2D eigenvalue weighted by molar-refractivity contribution is 6.03. The molecule has 0 radical (unpaired) electrons. The van der Waals surface area contributed by atoms with Crippen LogP contribution in [0.3, 0.4) is 0 Å². The number of rotatable bonds is 9. The highest BCUT2D eigenvalue weighted by Crippen LogP contribution is 2.39. The van der Waals surface area contributed by atoms with Crippen molar-refractivity contribution in [2.45, 2.75) is 0 Å². The van der Waals surface area contributed by atoms with Crippen LogP contribution in [0, 0.1) is 0 Å². The van der Waals surface area contributed by atoms with E-state index in [4.69, 9.17) is 18.9 Å². The summed E-state index contributed by atoms with van der Waals surface area (Å²) in [6.07, 6.45) is 6.74. The topological polar surface area (TPSA) is 86.2 Å². The van der Waals surface area contributed by atoms with E-state index >= 15 is 0 Å². The summed E-state index contributed by atoms with van der Waals surface area (Å²) in [6.45, 7) is 0. The Kier molecular flexibility index (Phi) is 8.18. The molecule has 34 heavy (non-hydrogen) atoms. The zero-order valence-corrected chi connectivity index (χ0v) is 19.5. The molecule has 2 N–H and O–H groups in total. The van der Waals surface area contributed by atoms with Crippen LogP contribution >= 0.6 is 0 Å². The van der Waals surface area contributed by atoms with Gasteiger partial charge in [-0.1, -0.05) is 42.5 Å². The predicted octanol–water partition coefficient (Wildman–Crippen LogP) is 5.25. The Morgan fingerprint density at radius 3 is 1.88 bits per heavy atom. The standard InChI is InChI=1S/C27H27NO6/c1-31-23-16-20(17-24(32-2)27(23)34-4)11-10-19-14-21(26(33-3)22(29)15-19)28-25(30)13-12-18-8-6-5-7-9-18/h5-17,29H,1-4H3,(H,28,30)/b11-10?,13-12+. The Labute approximate surface area is 198 Å². The fourth-order valence-corrected chi connectivity index (χ4v) is 3.34. The highest BCUT2D eigenvalue weighted by Gasteiger charge is 2.14. The Morgan fingerprint density at radius 2 is 1.32 bits per heavy atom. The molecule has 7 heteroatoms. The summed E-state index contributed by atoms with van der Waals surface area (Å²) in [7, 11) is 6.07. The van der Waals surface area contributed by atoms with E-state index < -0.39 is 0 Å². The van der Waals surface area contributed by atoms with Crippen LogP contribution in [0.15, 0.2) is 60.7 Å². The van der Waals surface area contributed by atoms with Crippen LogP contribution < -0.4 is 24.3 Å².